The van der Waals surface area contributed by atoms with E-state index in [1.807, 2.05) is 110 Å². The van der Waals surface area contributed by atoms with E-state index in [0.29, 0.717) is 0 Å². The monoisotopic (exact) mass is 354 g/mol. The quantitative estimate of drug-likeness (QED) is 0.490. The van der Waals surface area contributed by atoms with Crippen LogP contribution in [0.2, 0.25) is 0 Å². The Morgan fingerprint density at radius 1 is 0.815 bits per heavy atom. The molecule has 3 aromatic carbocycles. The molecule has 0 aliphatic rings. The summed E-state index contributed by atoms with van der Waals surface area (Å²) in [6.07, 6.45) is 3.85. The van der Waals surface area contributed by atoms with E-state index in [9.17, 15) is 4.79 Å². The van der Waals surface area contributed by atoms with Gasteiger partial charge in [-0.25, -0.2) is 5.43 Å². The van der Waals surface area contributed by atoms with Crippen LogP contribution in [0.1, 0.15) is 29.5 Å². The first-order chi connectivity index (χ1) is 13.2. The second-order valence-electron chi connectivity index (χ2n) is 6.23. The van der Waals surface area contributed by atoms with E-state index in [2.05, 4.69) is 10.5 Å². The summed E-state index contributed by atoms with van der Waals surface area (Å²) < 4.78 is 0. The second kappa shape index (κ2) is 9.30. The first-order valence-corrected chi connectivity index (χ1v) is 8.91. The van der Waals surface area contributed by atoms with Crippen molar-refractivity contribution < 1.29 is 4.79 Å². The fraction of sp³-hybridized carbons (Fsp3) is 0.0833. The molecule has 0 aromatic heterocycles. The molecule has 27 heavy (non-hydrogen) atoms. The van der Waals surface area contributed by atoms with Crippen LogP contribution >= 0.6 is 0 Å². The van der Waals surface area contributed by atoms with Crippen molar-refractivity contribution in [2.75, 3.05) is 0 Å². The van der Waals surface area contributed by atoms with Crippen LogP contribution in [0.25, 0.3) is 6.08 Å². The number of hydrogen-bond donors (Lipinski definition) is 1. The van der Waals surface area contributed by atoms with Crippen molar-refractivity contribution in [2.45, 2.75) is 12.8 Å². The summed E-state index contributed by atoms with van der Waals surface area (Å²) in [5.41, 5.74) is 6.41. The number of carbonyl (C=O) groups excluding carboxylic acids is 1. The van der Waals surface area contributed by atoms with Crippen LogP contribution in [0.5, 0.6) is 0 Å². The van der Waals surface area contributed by atoms with Crippen LogP contribution in [-0.2, 0) is 4.79 Å². The van der Waals surface area contributed by atoms with E-state index in [1.54, 1.807) is 0 Å². The maximum absolute atomic E-state index is 12.9. The first kappa shape index (κ1) is 18.3. The number of allylic oxidation sites excluding steroid dienone is 1. The number of carbonyl (C=O) groups is 1. The Kier molecular flexibility index (Phi) is 6.31. The molecule has 0 aliphatic heterocycles. The molecule has 0 unspecified atom stereocenters. The Morgan fingerprint density at radius 2 is 1.30 bits per heavy atom. The minimum absolute atomic E-state index is 0.153. The lowest BCUT2D eigenvalue weighted by Crippen LogP contribution is -2.26. The summed E-state index contributed by atoms with van der Waals surface area (Å²) in [5, 5.41) is 4.24. The molecule has 3 aromatic rings. The molecule has 3 heteroatoms. The minimum Gasteiger partial charge on any atom is -0.272 e. The Balaban J connectivity index is 1.76. The van der Waals surface area contributed by atoms with Crippen molar-refractivity contribution in [3.63, 3.8) is 0 Å². The maximum Gasteiger partial charge on any atom is 0.252 e. The average Bonchev–Trinajstić information content (AvgIpc) is 2.73. The Labute approximate surface area is 160 Å². The zero-order chi connectivity index (χ0) is 18.9. The molecule has 1 N–H and O–H groups in total. The zero-order valence-corrected chi connectivity index (χ0v) is 15.2. The molecule has 0 aliphatic carbocycles. The summed E-state index contributed by atoms with van der Waals surface area (Å²) in [5.74, 6) is -0.554. The molecule has 1 amide bonds. The van der Waals surface area contributed by atoms with Gasteiger partial charge >= 0.3 is 0 Å². The van der Waals surface area contributed by atoms with Crippen LogP contribution in [-0.4, -0.2) is 11.6 Å². The molecule has 3 rings (SSSR count). The fourth-order valence-corrected chi connectivity index (χ4v) is 2.81. The third kappa shape index (κ3) is 5.25. The summed E-state index contributed by atoms with van der Waals surface area (Å²) >= 11 is 0. The van der Waals surface area contributed by atoms with Crippen molar-refractivity contribution in [3.05, 3.63) is 114 Å². The van der Waals surface area contributed by atoms with Crippen LogP contribution in [0.3, 0.4) is 0 Å². The molecule has 0 atom stereocenters. The van der Waals surface area contributed by atoms with Crippen LogP contribution < -0.4 is 5.43 Å². The molecule has 0 saturated heterocycles. The molecule has 0 saturated carbocycles. The topological polar surface area (TPSA) is 41.5 Å². The molecule has 0 heterocycles. The van der Waals surface area contributed by atoms with Crippen molar-refractivity contribution >= 4 is 17.7 Å². The summed E-state index contributed by atoms with van der Waals surface area (Å²) in [6, 6.07) is 29.5. The highest BCUT2D eigenvalue weighted by Gasteiger charge is 2.22. The van der Waals surface area contributed by atoms with E-state index in [-0.39, 0.29) is 5.91 Å². The van der Waals surface area contributed by atoms with Gasteiger partial charge in [0.15, 0.2) is 0 Å². The van der Waals surface area contributed by atoms with Gasteiger partial charge in [-0.1, -0.05) is 97.1 Å². The highest BCUT2D eigenvalue weighted by molar-refractivity contribution is 5.97. The van der Waals surface area contributed by atoms with E-state index in [4.69, 9.17) is 0 Å². The fourth-order valence-electron chi connectivity index (χ4n) is 2.81. The first-order valence-electron chi connectivity index (χ1n) is 8.91. The van der Waals surface area contributed by atoms with Crippen molar-refractivity contribution in [2.24, 2.45) is 5.10 Å². The molecule has 0 bridgehead atoms. The Hall–Kier alpha value is -3.46. The molecule has 0 fully saturated rings. The lowest BCUT2D eigenvalue weighted by molar-refractivity contribution is -0.121. The number of hydrogen-bond acceptors (Lipinski definition) is 2. The summed E-state index contributed by atoms with van der Waals surface area (Å²) in [7, 11) is 0. The summed E-state index contributed by atoms with van der Waals surface area (Å²) in [4.78, 5) is 12.9. The number of amides is 1. The highest BCUT2D eigenvalue weighted by atomic mass is 16.2. The molecule has 3 nitrogen and oxygen atoms in total. The molecule has 0 spiro atoms. The number of hydrazone groups is 1. The Morgan fingerprint density at radius 3 is 1.81 bits per heavy atom. The smallest absolute Gasteiger partial charge is 0.252 e. The van der Waals surface area contributed by atoms with Gasteiger partial charge in [0.05, 0.1) is 11.6 Å². The highest BCUT2D eigenvalue weighted by Crippen LogP contribution is 2.24. The largest absolute Gasteiger partial charge is 0.272 e. The Bertz CT molecular complexity index is 877. The average molecular weight is 354 g/mol. The zero-order valence-electron chi connectivity index (χ0n) is 15.2. The molecular weight excluding hydrogens is 332 g/mol. The van der Waals surface area contributed by atoms with Crippen LogP contribution in [0.4, 0.5) is 0 Å². The van der Waals surface area contributed by atoms with E-state index in [1.165, 1.54) is 0 Å². The maximum atomic E-state index is 12.9. The predicted octanol–water partition coefficient (Wildman–Crippen LogP) is 5.02. The van der Waals surface area contributed by atoms with Gasteiger partial charge < -0.3 is 0 Å². The molecular formula is C24H22N2O. The van der Waals surface area contributed by atoms with Gasteiger partial charge in [0, 0.05) is 0 Å². The van der Waals surface area contributed by atoms with Gasteiger partial charge in [-0.2, -0.15) is 5.10 Å². The van der Waals surface area contributed by atoms with E-state index < -0.39 is 5.92 Å². The van der Waals surface area contributed by atoms with Crippen LogP contribution in [0, 0.1) is 0 Å². The lowest BCUT2D eigenvalue weighted by Gasteiger charge is -2.16. The van der Waals surface area contributed by atoms with Crippen molar-refractivity contribution in [1.29, 1.82) is 0 Å². The normalized spacial score (nSPS) is 11.7. The van der Waals surface area contributed by atoms with Gasteiger partial charge in [-0.3, -0.25) is 4.79 Å². The molecule has 0 radical (unpaired) electrons. The SMILES string of the molecule is CC(/C=C/c1ccccc1)=N/NC(=O)C(c1ccccc1)c1ccccc1. The van der Waals surface area contributed by atoms with E-state index in [0.717, 1.165) is 22.4 Å². The van der Waals surface area contributed by atoms with Gasteiger partial charge in [0.25, 0.3) is 5.91 Å². The van der Waals surface area contributed by atoms with Crippen molar-refractivity contribution in [1.82, 2.24) is 5.43 Å². The second-order valence-corrected chi connectivity index (χ2v) is 6.23. The van der Waals surface area contributed by atoms with Gasteiger partial charge in [-0.15, -0.1) is 0 Å². The van der Waals surface area contributed by atoms with Gasteiger partial charge in [0.2, 0.25) is 0 Å². The van der Waals surface area contributed by atoms with Crippen molar-refractivity contribution in [3.8, 4) is 0 Å². The standard InChI is InChI=1S/C24H22N2O/c1-19(17-18-20-11-5-2-6-12-20)25-26-24(27)23(21-13-7-3-8-14-21)22-15-9-4-10-16-22/h2-18,23H,1H3,(H,26,27)/b18-17+,25-19-. The van der Waals surface area contributed by atoms with E-state index >= 15 is 0 Å². The number of nitrogens with zero attached hydrogens (tertiary/aromatic N) is 1. The third-order valence-corrected chi connectivity index (χ3v) is 4.19. The van der Waals surface area contributed by atoms with Gasteiger partial charge in [0.1, 0.15) is 0 Å². The number of benzene rings is 3. The summed E-state index contributed by atoms with van der Waals surface area (Å²) in [6.45, 7) is 1.86. The predicted molar refractivity (Wildman–Crippen MR) is 111 cm³/mol. The molecule has 134 valence electrons. The van der Waals surface area contributed by atoms with Crippen LogP contribution in [0.15, 0.2) is 102 Å². The number of rotatable bonds is 6. The number of nitrogens with one attached hydrogen (secondary N) is 1. The third-order valence-electron chi connectivity index (χ3n) is 4.19. The lowest BCUT2D eigenvalue weighted by atomic mass is 9.91. The minimum atomic E-state index is -0.401. The van der Waals surface area contributed by atoms with Gasteiger partial charge in [-0.05, 0) is 29.7 Å².